The fourth-order valence-electron chi connectivity index (χ4n) is 2.88. The van der Waals surface area contributed by atoms with Gasteiger partial charge in [-0.05, 0) is 43.5 Å². The van der Waals surface area contributed by atoms with Crippen molar-refractivity contribution < 1.29 is 13.2 Å². The lowest BCUT2D eigenvalue weighted by Crippen LogP contribution is -2.46. The van der Waals surface area contributed by atoms with E-state index >= 15 is 0 Å². The van der Waals surface area contributed by atoms with E-state index in [9.17, 15) is 8.42 Å². The molecule has 142 valence electrons. The Balaban J connectivity index is 1.84. The number of sulfonamides is 1. The van der Waals surface area contributed by atoms with Crippen molar-refractivity contribution in [3.05, 3.63) is 29.0 Å². The van der Waals surface area contributed by atoms with Crippen molar-refractivity contribution in [1.82, 2.24) is 24.0 Å². The van der Waals surface area contributed by atoms with Crippen molar-refractivity contribution in [3.63, 3.8) is 0 Å². The van der Waals surface area contributed by atoms with E-state index in [2.05, 4.69) is 15.1 Å². The number of nitrogens with zero attached hydrogens (tertiary/aromatic N) is 4. The van der Waals surface area contributed by atoms with Crippen LogP contribution in [-0.4, -0.2) is 79.3 Å². The molecule has 0 aliphatic carbocycles. The third kappa shape index (κ3) is 3.89. The van der Waals surface area contributed by atoms with Crippen LogP contribution in [0.4, 0.5) is 0 Å². The molecule has 1 aliphatic rings. The third-order valence-corrected chi connectivity index (χ3v) is 6.71. The number of H-pyrrole nitrogens is 1. The number of methoxy groups -OCH3 is 1. The topological polar surface area (TPSA) is 83.5 Å². The average molecular weight is 398 g/mol. The number of aromatic amines is 1. The summed E-state index contributed by atoms with van der Waals surface area (Å²) in [6.07, 6.45) is 0. The van der Waals surface area contributed by atoms with Gasteiger partial charge >= 0.3 is 0 Å². The van der Waals surface area contributed by atoms with E-state index in [1.54, 1.807) is 31.4 Å². The van der Waals surface area contributed by atoms with Crippen LogP contribution >= 0.6 is 12.2 Å². The molecule has 1 aromatic carbocycles. The van der Waals surface area contributed by atoms with Gasteiger partial charge in [-0.25, -0.2) is 8.42 Å². The molecule has 0 unspecified atom stereocenters. The van der Waals surface area contributed by atoms with Crippen molar-refractivity contribution in [2.75, 3.05) is 46.9 Å². The second kappa shape index (κ2) is 7.97. The molecule has 0 radical (unpaired) electrons. The van der Waals surface area contributed by atoms with Crippen molar-refractivity contribution in [2.45, 2.75) is 11.4 Å². The fourth-order valence-corrected chi connectivity index (χ4v) is 4.53. The lowest BCUT2D eigenvalue weighted by atomic mass is 10.2. The number of piperazine rings is 1. The van der Waals surface area contributed by atoms with Gasteiger partial charge in [0.2, 0.25) is 10.0 Å². The highest BCUT2D eigenvalue weighted by molar-refractivity contribution is 7.89. The normalized spacial score (nSPS) is 16.8. The Morgan fingerprint density at radius 3 is 2.46 bits per heavy atom. The minimum absolute atomic E-state index is 0.295. The van der Waals surface area contributed by atoms with Gasteiger partial charge in [-0.3, -0.25) is 9.67 Å². The highest BCUT2D eigenvalue weighted by Crippen LogP contribution is 2.22. The van der Waals surface area contributed by atoms with Crippen LogP contribution in [-0.2, 0) is 21.3 Å². The average Bonchev–Trinajstić information content (AvgIpc) is 3.01. The molecule has 1 aromatic heterocycles. The van der Waals surface area contributed by atoms with Gasteiger partial charge in [0.15, 0.2) is 10.6 Å². The smallest absolute Gasteiger partial charge is 0.243 e. The largest absolute Gasteiger partial charge is 0.383 e. The van der Waals surface area contributed by atoms with Crippen LogP contribution < -0.4 is 0 Å². The molecular formula is C16H23N5O3S2. The number of hydrogen-bond donors (Lipinski definition) is 1. The summed E-state index contributed by atoms with van der Waals surface area (Å²) in [6.45, 7) is 3.59. The van der Waals surface area contributed by atoms with Crippen LogP contribution in [0.5, 0.6) is 0 Å². The van der Waals surface area contributed by atoms with Crippen LogP contribution in [0.25, 0.3) is 11.4 Å². The van der Waals surface area contributed by atoms with Gasteiger partial charge in [-0.2, -0.15) is 9.40 Å². The number of ether oxygens (including phenoxy) is 1. The van der Waals surface area contributed by atoms with Crippen molar-refractivity contribution in [2.24, 2.45) is 0 Å². The minimum atomic E-state index is -3.47. The summed E-state index contributed by atoms with van der Waals surface area (Å²) in [5.74, 6) is 0.663. The molecule has 0 amide bonds. The highest BCUT2D eigenvalue weighted by atomic mass is 32.2. The summed E-state index contributed by atoms with van der Waals surface area (Å²) < 4.78 is 34.6. The van der Waals surface area contributed by atoms with Crippen LogP contribution in [0, 0.1) is 4.77 Å². The Kier molecular flexibility index (Phi) is 5.88. The Labute approximate surface area is 158 Å². The summed E-state index contributed by atoms with van der Waals surface area (Å²) in [4.78, 5) is 2.42. The first-order valence-corrected chi connectivity index (χ1v) is 10.2. The molecule has 1 aliphatic heterocycles. The van der Waals surface area contributed by atoms with Gasteiger partial charge in [0.25, 0.3) is 0 Å². The zero-order valence-electron chi connectivity index (χ0n) is 14.9. The maximum atomic E-state index is 12.8. The first-order chi connectivity index (χ1) is 12.4. The Morgan fingerprint density at radius 2 is 1.85 bits per heavy atom. The molecule has 0 spiro atoms. The third-order valence-electron chi connectivity index (χ3n) is 4.49. The van der Waals surface area contributed by atoms with Crippen LogP contribution in [0.2, 0.25) is 0 Å². The number of nitrogens with one attached hydrogen (secondary N) is 1. The molecular weight excluding hydrogens is 374 g/mol. The fraction of sp³-hybridized carbons (Fsp3) is 0.500. The highest BCUT2D eigenvalue weighted by Gasteiger charge is 2.27. The van der Waals surface area contributed by atoms with Gasteiger partial charge in [0.1, 0.15) is 0 Å². The molecule has 2 aromatic rings. The van der Waals surface area contributed by atoms with E-state index < -0.39 is 10.0 Å². The summed E-state index contributed by atoms with van der Waals surface area (Å²) >= 11 is 5.25. The number of benzene rings is 1. The van der Waals surface area contributed by atoms with E-state index in [1.807, 2.05) is 11.6 Å². The lowest BCUT2D eigenvalue weighted by Gasteiger charge is -2.31. The number of aromatic nitrogens is 3. The van der Waals surface area contributed by atoms with Crippen molar-refractivity contribution in [3.8, 4) is 11.4 Å². The molecule has 3 rings (SSSR count). The van der Waals surface area contributed by atoms with Gasteiger partial charge in [-0.15, -0.1) is 0 Å². The summed E-state index contributed by atoms with van der Waals surface area (Å²) in [6, 6.07) is 6.77. The SMILES string of the molecule is COCCn1c(-c2ccc(S(=O)(=O)N3CCN(C)CC3)cc2)n[nH]c1=S. The van der Waals surface area contributed by atoms with Crippen LogP contribution in [0.3, 0.4) is 0 Å². The Hall–Kier alpha value is -1.59. The molecule has 2 heterocycles. The predicted octanol–water partition coefficient (Wildman–Crippen LogP) is 1.19. The summed E-state index contributed by atoms with van der Waals surface area (Å²) in [5, 5.41) is 7.03. The second-order valence-electron chi connectivity index (χ2n) is 6.23. The van der Waals surface area contributed by atoms with E-state index in [1.165, 1.54) is 4.31 Å². The standard InChI is InChI=1S/C16H23N5O3S2/c1-19-7-9-20(10-8-19)26(22,23)14-5-3-13(4-6-14)15-17-18-16(25)21(15)11-12-24-2/h3-6H,7-12H2,1-2H3,(H,18,25). The molecule has 26 heavy (non-hydrogen) atoms. The van der Waals surface area contributed by atoms with Gasteiger partial charge < -0.3 is 9.64 Å². The molecule has 1 fully saturated rings. The first kappa shape index (κ1) is 19.2. The van der Waals surface area contributed by atoms with E-state index in [0.717, 1.165) is 18.7 Å². The Morgan fingerprint density at radius 1 is 1.19 bits per heavy atom. The van der Waals surface area contributed by atoms with Gasteiger partial charge in [0.05, 0.1) is 18.0 Å². The van der Waals surface area contributed by atoms with E-state index in [0.29, 0.717) is 41.7 Å². The van der Waals surface area contributed by atoms with Crippen molar-refractivity contribution >= 4 is 22.2 Å². The predicted molar refractivity (Wildman–Crippen MR) is 101 cm³/mol. The van der Waals surface area contributed by atoms with E-state index in [4.69, 9.17) is 17.0 Å². The lowest BCUT2D eigenvalue weighted by molar-refractivity contribution is 0.187. The maximum absolute atomic E-state index is 12.8. The van der Waals surface area contributed by atoms with Crippen LogP contribution in [0.1, 0.15) is 0 Å². The molecule has 0 saturated carbocycles. The Bertz CT molecular complexity index is 897. The first-order valence-electron chi connectivity index (χ1n) is 8.37. The van der Waals surface area contributed by atoms with Crippen LogP contribution in [0.15, 0.2) is 29.2 Å². The van der Waals surface area contributed by atoms with Gasteiger partial charge in [0, 0.05) is 38.9 Å². The monoisotopic (exact) mass is 397 g/mol. The number of likely N-dealkylation sites (N-methyl/N-ethyl adjacent to an activating group) is 1. The number of rotatable bonds is 6. The summed E-state index contributed by atoms with van der Waals surface area (Å²) in [7, 11) is 0.149. The molecule has 0 atom stereocenters. The van der Waals surface area contributed by atoms with Crippen molar-refractivity contribution in [1.29, 1.82) is 0 Å². The molecule has 1 N–H and O–H groups in total. The molecule has 10 heteroatoms. The van der Waals surface area contributed by atoms with Gasteiger partial charge in [-0.1, -0.05) is 0 Å². The minimum Gasteiger partial charge on any atom is -0.383 e. The maximum Gasteiger partial charge on any atom is 0.243 e. The number of hydrogen-bond acceptors (Lipinski definition) is 6. The quantitative estimate of drug-likeness (QED) is 0.738. The molecule has 1 saturated heterocycles. The molecule has 0 bridgehead atoms. The van der Waals surface area contributed by atoms with E-state index in [-0.39, 0.29) is 0 Å². The molecule has 8 nitrogen and oxygen atoms in total. The zero-order chi connectivity index (χ0) is 18.7. The second-order valence-corrected chi connectivity index (χ2v) is 8.55. The summed E-state index contributed by atoms with van der Waals surface area (Å²) in [5.41, 5.74) is 0.797. The zero-order valence-corrected chi connectivity index (χ0v) is 16.5.